The molecular formula is C18H32N4O. The van der Waals surface area contributed by atoms with E-state index in [4.69, 9.17) is 0 Å². The highest BCUT2D eigenvalue weighted by atomic mass is 16.3. The third-order valence-corrected chi connectivity index (χ3v) is 5.61. The molecule has 1 spiro atoms. The van der Waals surface area contributed by atoms with Gasteiger partial charge in [-0.25, -0.2) is 4.98 Å². The van der Waals surface area contributed by atoms with Crippen LogP contribution < -0.4 is 0 Å². The summed E-state index contributed by atoms with van der Waals surface area (Å²) in [6, 6.07) is 0. The Hall–Kier alpha value is -0.910. The molecule has 1 aromatic heterocycles. The van der Waals surface area contributed by atoms with Crippen molar-refractivity contribution in [1.29, 1.82) is 0 Å². The summed E-state index contributed by atoms with van der Waals surface area (Å²) in [5, 5.41) is 10.6. The number of nitrogens with one attached hydrogen (secondary N) is 1. The first kappa shape index (κ1) is 16.9. The first-order valence-corrected chi connectivity index (χ1v) is 9.23. The van der Waals surface area contributed by atoms with Crippen molar-refractivity contribution in [3.05, 3.63) is 17.7 Å². The van der Waals surface area contributed by atoms with Gasteiger partial charge in [-0.15, -0.1) is 0 Å². The van der Waals surface area contributed by atoms with Gasteiger partial charge in [-0.1, -0.05) is 13.3 Å². The molecule has 23 heavy (non-hydrogen) atoms. The highest BCUT2D eigenvalue weighted by Crippen LogP contribution is 2.38. The number of H-pyrrole nitrogens is 1. The van der Waals surface area contributed by atoms with Crippen LogP contribution in [0.15, 0.2) is 6.20 Å². The summed E-state index contributed by atoms with van der Waals surface area (Å²) in [5.74, 6) is 1.12. The third-order valence-electron chi connectivity index (χ3n) is 5.61. The SMILES string of the molecule is CCCCc1ncc(CN2CCC[C@]3(CN(C)CC[C@@H]3O)C2)[nH]1. The predicted octanol–water partition coefficient (Wildman–Crippen LogP) is 2.03. The van der Waals surface area contributed by atoms with Crippen molar-refractivity contribution in [1.82, 2.24) is 19.8 Å². The Bertz CT molecular complexity index is 503. The third kappa shape index (κ3) is 3.95. The van der Waals surface area contributed by atoms with E-state index >= 15 is 0 Å². The zero-order valence-electron chi connectivity index (χ0n) is 14.7. The number of aryl methyl sites for hydroxylation is 1. The number of rotatable bonds is 5. The fourth-order valence-electron chi connectivity index (χ4n) is 4.36. The molecule has 0 saturated carbocycles. The van der Waals surface area contributed by atoms with Crippen LogP contribution in [0.3, 0.4) is 0 Å². The maximum Gasteiger partial charge on any atom is 0.106 e. The second kappa shape index (κ2) is 7.32. The zero-order valence-corrected chi connectivity index (χ0v) is 14.7. The number of unbranched alkanes of at least 4 members (excludes halogenated alkanes) is 1. The van der Waals surface area contributed by atoms with Gasteiger partial charge in [0.05, 0.1) is 6.10 Å². The number of aliphatic hydroxyl groups excluding tert-OH is 1. The van der Waals surface area contributed by atoms with Gasteiger partial charge in [-0.2, -0.15) is 0 Å². The fraction of sp³-hybridized carbons (Fsp3) is 0.833. The molecule has 0 aromatic carbocycles. The normalized spacial score (nSPS) is 30.1. The number of aliphatic hydroxyl groups is 1. The summed E-state index contributed by atoms with van der Waals surface area (Å²) in [7, 11) is 2.18. The van der Waals surface area contributed by atoms with Crippen LogP contribution in [0, 0.1) is 5.41 Å². The first-order chi connectivity index (χ1) is 11.1. The average molecular weight is 320 g/mol. The highest BCUT2D eigenvalue weighted by molar-refractivity contribution is 5.04. The molecule has 2 N–H and O–H groups in total. The zero-order chi connectivity index (χ0) is 16.3. The van der Waals surface area contributed by atoms with Crippen LogP contribution in [-0.4, -0.2) is 64.2 Å². The maximum atomic E-state index is 10.6. The van der Waals surface area contributed by atoms with Gasteiger partial charge in [-0.05, 0) is 39.3 Å². The molecule has 0 bridgehead atoms. The fourth-order valence-corrected chi connectivity index (χ4v) is 4.36. The minimum atomic E-state index is -0.150. The van der Waals surface area contributed by atoms with Crippen molar-refractivity contribution in [2.75, 3.05) is 33.2 Å². The molecule has 5 nitrogen and oxygen atoms in total. The molecule has 2 atom stereocenters. The molecule has 2 fully saturated rings. The predicted molar refractivity (Wildman–Crippen MR) is 92.3 cm³/mol. The summed E-state index contributed by atoms with van der Waals surface area (Å²) >= 11 is 0. The number of nitrogens with zero attached hydrogens (tertiary/aromatic N) is 3. The van der Waals surface area contributed by atoms with Gasteiger partial charge in [-0.3, -0.25) is 4.90 Å². The van der Waals surface area contributed by atoms with Crippen LogP contribution in [0.5, 0.6) is 0 Å². The molecule has 0 radical (unpaired) electrons. The Morgan fingerprint density at radius 3 is 3.09 bits per heavy atom. The summed E-state index contributed by atoms with van der Waals surface area (Å²) in [6.07, 6.45) is 8.54. The second-order valence-electron chi connectivity index (χ2n) is 7.68. The van der Waals surface area contributed by atoms with Gasteiger partial charge in [0.15, 0.2) is 0 Å². The van der Waals surface area contributed by atoms with Gasteiger partial charge in [0.25, 0.3) is 0 Å². The Kier molecular flexibility index (Phi) is 5.39. The van der Waals surface area contributed by atoms with Crippen molar-refractivity contribution in [3.8, 4) is 0 Å². The molecule has 0 unspecified atom stereocenters. The lowest BCUT2D eigenvalue weighted by Crippen LogP contribution is -2.58. The molecule has 5 heteroatoms. The van der Waals surface area contributed by atoms with E-state index in [1.54, 1.807) is 0 Å². The van der Waals surface area contributed by atoms with E-state index in [0.29, 0.717) is 0 Å². The van der Waals surface area contributed by atoms with Crippen molar-refractivity contribution in [3.63, 3.8) is 0 Å². The molecule has 3 heterocycles. The van der Waals surface area contributed by atoms with Crippen molar-refractivity contribution in [2.24, 2.45) is 5.41 Å². The number of aromatic amines is 1. The van der Waals surface area contributed by atoms with Gasteiger partial charge in [0.1, 0.15) is 5.82 Å². The molecule has 2 aliphatic heterocycles. The second-order valence-corrected chi connectivity index (χ2v) is 7.68. The van der Waals surface area contributed by atoms with Crippen LogP contribution >= 0.6 is 0 Å². The molecule has 3 rings (SSSR count). The smallest absolute Gasteiger partial charge is 0.106 e. The van der Waals surface area contributed by atoms with Crippen LogP contribution in [0.2, 0.25) is 0 Å². The van der Waals surface area contributed by atoms with Crippen molar-refractivity contribution >= 4 is 0 Å². The Morgan fingerprint density at radius 1 is 1.39 bits per heavy atom. The number of piperidine rings is 2. The summed E-state index contributed by atoms with van der Waals surface area (Å²) in [4.78, 5) is 12.9. The monoisotopic (exact) mass is 320 g/mol. The molecule has 0 aliphatic carbocycles. The lowest BCUT2D eigenvalue weighted by Gasteiger charge is -2.50. The number of hydrogen-bond acceptors (Lipinski definition) is 4. The molecule has 1 aromatic rings. The van der Waals surface area contributed by atoms with Crippen LogP contribution in [0.25, 0.3) is 0 Å². The minimum absolute atomic E-state index is 0.0658. The summed E-state index contributed by atoms with van der Waals surface area (Å²) in [5.41, 5.74) is 1.28. The summed E-state index contributed by atoms with van der Waals surface area (Å²) < 4.78 is 0. The number of likely N-dealkylation sites (tertiary alicyclic amines) is 2. The van der Waals surface area contributed by atoms with E-state index in [2.05, 4.69) is 33.7 Å². The van der Waals surface area contributed by atoms with Crippen LogP contribution in [-0.2, 0) is 13.0 Å². The molecule has 0 amide bonds. The largest absolute Gasteiger partial charge is 0.392 e. The molecular weight excluding hydrogens is 288 g/mol. The van der Waals surface area contributed by atoms with E-state index in [1.807, 2.05) is 6.20 Å². The molecule has 130 valence electrons. The highest BCUT2D eigenvalue weighted by Gasteiger charge is 2.44. The lowest BCUT2D eigenvalue weighted by molar-refractivity contribution is -0.0809. The Balaban J connectivity index is 1.61. The number of imidazole rings is 1. The Morgan fingerprint density at radius 2 is 2.26 bits per heavy atom. The first-order valence-electron chi connectivity index (χ1n) is 9.23. The van der Waals surface area contributed by atoms with E-state index in [9.17, 15) is 5.11 Å². The standard InChI is InChI=1S/C18H32N4O/c1-3-4-6-17-19-11-15(20-17)12-22-9-5-8-18(14-22)13-21(2)10-7-16(18)23/h11,16,23H,3-10,12-14H2,1-2H3,(H,19,20)/t16-,18-/m0/s1. The van der Waals surface area contributed by atoms with Gasteiger partial charge in [0, 0.05) is 49.9 Å². The molecule has 2 saturated heterocycles. The Labute approximate surface area is 140 Å². The van der Waals surface area contributed by atoms with Crippen LogP contribution in [0.4, 0.5) is 0 Å². The van der Waals surface area contributed by atoms with Crippen LogP contribution in [0.1, 0.15) is 50.5 Å². The van der Waals surface area contributed by atoms with Crippen molar-refractivity contribution < 1.29 is 5.11 Å². The van der Waals surface area contributed by atoms with Crippen molar-refractivity contribution in [2.45, 2.75) is 58.1 Å². The maximum absolute atomic E-state index is 10.6. The quantitative estimate of drug-likeness (QED) is 0.872. The molecule has 2 aliphatic rings. The topological polar surface area (TPSA) is 55.4 Å². The van der Waals surface area contributed by atoms with E-state index < -0.39 is 0 Å². The minimum Gasteiger partial charge on any atom is -0.392 e. The van der Waals surface area contributed by atoms with Gasteiger partial charge < -0.3 is 15.0 Å². The van der Waals surface area contributed by atoms with Gasteiger partial charge >= 0.3 is 0 Å². The van der Waals surface area contributed by atoms with E-state index in [1.165, 1.54) is 25.0 Å². The number of hydrogen-bond donors (Lipinski definition) is 2. The average Bonchev–Trinajstić information content (AvgIpc) is 2.97. The summed E-state index contributed by atoms with van der Waals surface area (Å²) in [6.45, 7) is 7.31. The van der Waals surface area contributed by atoms with Gasteiger partial charge in [0.2, 0.25) is 0 Å². The number of aromatic nitrogens is 2. The van der Waals surface area contributed by atoms with E-state index in [0.717, 1.165) is 57.8 Å². The van der Waals surface area contributed by atoms with E-state index in [-0.39, 0.29) is 11.5 Å². The lowest BCUT2D eigenvalue weighted by atomic mass is 9.71.